The highest BCUT2D eigenvalue weighted by atomic mass is 16.5. The van der Waals surface area contributed by atoms with Gasteiger partial charge in [-0.25, -0.2) is 4.98 Å². The Bertz CT molecular complexity index is 663. The Labute approximate surface area is 112 Å². The first kappa shape index (κ1) is 10.4. The van der Waals surface area contributed by atoms with Crippen LogP contribution >= 0.6 is 0 Å². The molecule has 98 valence electrons. The van der Waals surface area contributed by atoms with Gasteiger partial charge in [0, 0.05) is 28.4 Å². The van der Waals surface area contributed by atoms with Crippen LogP contribution in [-0.4, -0.2) is 9.97 Å². The molecule has 0 bridgehead atoms. The lowest BCUT2D eigenvalue weighted by Crippen LogP contribution is -2.20. The number of ether oxygens (including phenoxy) is 1. The molecule has 0 radical (unpaired) electrons. The van der Waals surface area contributed by atoms with Gasteiger partial charge < -0.3 is 9.72 Å². The first-order valence-electron chi connectivity index (χ1n) is 7.51. The van der Waals surface area contributed by atoms with Crippen molar-refractivity contribution in [3.8, 4) is 0 Å². The Morgan fingerprint density at radius 2 is 2.11 bits per heavy atom. The molecule has 3 heterocycles. The molecule has 0 atom stereocenters. The van der Waals surface area contributed by atoms with E-state index in [0.29, 0.717) is 0 Å². The van der Waals surface area contributed by atoms with Crippen LogP contribution in [0.5, 0.6) is 0 Å². The van der Waals surface area contributed by atoms with E-state index in [2.05, 4.69) is 16.0 Å². The van der Waals surface area contributed by atoms with Crippen LogP contribution in [0.1, 0.15) is 61.3 Å². The molecule has 3 heteroatoms. The summed E-state index contributed by atoms with van der Waals surface area (Å²) in [4.78, 5) is 8.13. The van der Waals surface area contributed by atoms with E-state index in [9.17, 15) is 0 Å². The highest BCUT2D eigenvalue weighted by Crippen LogP contribution is 2.51. The SMILES string of the molecule is c1nc2[nH]c(C3CC3)cc2c2c1COC21CCCC1. The molecule has 2 aromatic rings. The summed E-state index contributed by atoms with van der Waals surface area (Å²) in [5.41, 5.74) is 5.24. The molecule has 3 aliphatic rings. The van der Waals surface area contributed by atoms with Crippen LogP contribution in [0.25, 0.3) is 11.0 Å². The minimum absolute atomic E-state index is 0.0134. The summed E-state index contributed by atoms with van der Waals surface area (Å²) >= 11 is 0. The summed E-state index contributed by atoms with van der Waals surface area (Å²) in [6.45, 7) is 0.752. The van der Waals surface area contributed by atoms with E-state index in [4.69, 9.17) is 4.74 Å². The number of fused-ring (bicyclic) bond motifs is 4. The van der Waals surface area contributed by atoms with Crippen molar-refractivity contribution in [2.45, 2.75) is 56.7 Å². The zero-order chi connectivity index (χ0) is 12.4. The third kappa shape index (κ3) is 1.34. The smallest absolute Gasteiger partial charge is 0.137 e. The van der Waals surface area contributed by atoms with Crippen LogP contribution in [0, 0.1) is 0 Å². The van der Waals surface area contributed by atoms with Crippen molar-refractivity contribution >= 4 is 11.0 Å². The van der Waals surface area contributed by atoms with E-state index < -0.39 is 0 Å². The van der Waals surface area contributed by atoms with E-state index >= 15 is 0 Å². The van der Waals surface area contributed by atoms with Crippen molar-refractivity contribution in [3.05, 3.63) is 29.1 Å². The number of hydrogen-bond acceptors (Lipinski definition) is 2. The van der Waals surface area contributed by atoms with Gasteiger partial charge in [-0.15, -0.1) is 0 Å². The quantitative estimate of drug-likeness (QED) is 0.841. The first-order chi connectivity index (χ1) is 9.36. The van der Waals surface area contributed by atoms with Crippen molar-refractivity contribution < 1.29 is 4.74 Å². The molecule has 19 heavy (non-hydrogen) atoms. The van der Waals surface area contributed by atoms with Gasteiger partial charge in [0.05, 0.1) is 12.2 Å². The topological polar surface area (TPSA) is 37.9 Å². The van der Waals surface area contributed by atoms with Crippen molar-refractivity contribution in [3.63, 3.8) is 0 Å². The van der Waals surface area contributed by atoms with Crippen molar-refractivity contribution in [2.24, 2.45) is 0 Å². The van der Waals surface area contributed by atoms with Gasteiger partial charge in [-0.2, -0.15) is 0 Å². The zero-order valence-electron chi connectivity index (χ0n) is 11.0. The number of nitrogens with one attached hydrogen (secondary N) is 1. The van der Waals surface area contributed by atoms with Gasteiger partial charge in [-0.1, -0.05) is 12.8 Å². The molecule has 2 saturated carbocycles. The molecule has 0 unspecified atom stereocenters. The number of nitrogens with zero attached hydrogens (tertiary/aromatic N) is 1. The Balaban J connectivity index is 1.77. The fourth-order valence-electron chi connectivity index (χ4n) is 4.03. The molecule has 2 aliphatic carbocycles. The van der Waals surface area contributed by atoms with Crippen molar-refractivity contribution in [2.75, 3.05) is 0 Å². The van der Waals surface area contributed by atoms with Crippen LogP contribution in [-0.2, 0) is 16.9 Å². The highest BCUT2D eigenvalue weighted by molar-refractivity contribution is 5.83. The van der Waals surface area contributed by atoms with Crippen LogP contribution < -0.4 is 0 Å². The van der Waals surface area contributed by atoms with Gasteiger partial charge >= 0.3 is 0 Å². The van der Waals surface area contributed by atoms with E-state index in [1.54, 1.807) is 0 Å². The molecule has 5 rings (SSSR count). The van der Waals surface area contributed by atoms with Gasteiger partial charge in [0.2, 0.25) is 0 Å². The number of aromatic amines is 1. The van der Waals surface area contributed by atoms with Crippen LogP contribution in [0.3, 0.4) is 0 Å². The minimum atomic E-state index is 0.0134. The Morgan fingerprint density at radius 1 is 1.26 bits per heavy atom. The first-order valence-corrected chi connectivity index (χ1v) is 7.51. The average molecular weight is 254 g/mol. The van der Waals surface area contributed by atoms with Gasteiger partial charge in [-0.3, -0.25) is 0 Å². The second-order valence-corrected chi connectivity index (χ2v) is 6.41. The number of rotatable bonds is 1. The van der Waals surface area contributed by atoms with E-state index in [1.807, 2.05) is 6.20 Å². The molecule has 0 aromatic carbocycles. The minimum Gasteiger partial charge on any atom is -0.366 e. The van der Waals surface area contributed by atoms with E-state index in [1.165, 1.54) is 60.7 Å². The Kier molecular flexibility index (Phi) is 1.87. The van der Waals surface area contributed by atoms with Crippen LogP contribution in [0.2, 0.25) is 0 Å². The maximum Gasteiger partial charge on any atom is 0.137 e. The maximum atomic E-state index is 6.21. The second-order valence-electron chi connectivity index (χ2n) is 6.41. The monoisotopic (exact) mass is 254 g/mol. The highest BCUT2D eigenvalue weighted by Gasteiger charge is 2.44. The number of H-pyrrole nitrogens is 1. The lowest BCUT2D eigenvalue weighted by Gasteiger charge is -2.24. The summed E-state index contributed by atoms with van der Waals surface area (Å²) in [6.07, 6.45) is 9.64. The molecule has 0 saturated heterocycles. The van der Waals surface area contributed by atoms with Gasteiger partial charge in [0.1, 0.15) is 5.65 Å². The fourth-order valence-corrected chi connectivity index (χ4v) is 4.03. The Morgan fingerprint density at radius 3 is 2.89 bits per heavy atom. The normalized spacial score (nSPS) is 24.4. The second kappa shape index (κ2) is 3.40. The van der Waals surface area contributed by atoms with Crippen molar-refractivity contribution in [1.82, 2.24) is 9.97 Å². The fraction of sp³-hybridized carbons (Fsp3) is 0.562. The largest absolute Gasteiger partial charge is 0.366 e. The summed E-state index contributed by atoms with van der Waals surface area (Å²) < 4.78 is 6.21. The third-order valence-corrected chi connectivity index (χ3v) is 5.15. The standard InChI is InChI=1S/C16H18N2O/c1-2-6-16(5-1)14-11(9-19-16)8-17-15-12(14)7-13(18-15)10-3-4-10/h7-8,10H,1-6,9H2,(H,17,18). The van der Waals surface area contributed by atoms with E-state index in [0.717, 1.165) is 18.2 Å². The molecule has 1 spiro atoms. The van der Waals surface area contributed by atoms with Gasteiger partial charge in [0.15, 0.2) is 0 Å². The molecule has 3 nitrogen and oxygen atoms in total. The molecule has 1 N–H and O–H groups in total. The summed E-state index contributed by atoms with van der Waals surface area (Å²) in [6, 6.07) is 2.35. The molecule has 0 amide bonds. The van der Waals surface area contributed by atoms with E-state index in [-0.39, 0.29) is 5.60 Å². The lowest BCUT2D eigenvalue weighted by atomic mass is 9.89. The lowest BCUT2D eigenvalue weighted by molar-refractivity contribution is -0.0317. The maximum absolute atomic E-state index is 6.21. The molecule has 2 aromatic heterocycles. The van der Waals surface area contributed by atoms with Gasteiger partial charge in [-0.05, 0) is 37.7 Å². The molecular formula is C16H18N2O. The summed E-state index contributed by atoms with van der Waals surface area (Å²) in [5.74, 6) is 0.756. The summed E-state index contributed by atoms with van der Waals surface area (Å²) in [5, 5.41) is 1.33. The molecular weight excluding hydrogens is 236 g/mol. The number of aromatic nitrogens is 2. The third-order valence-electron chi connectivity index (χ3n) is 5.15. The molecule has 2 fully saturated rings. The van der Waals surface area contributed by atoms with Crippen molar-refractivity contribution in [1.29, 1.82) is 0 Å². The number of hydrogen-bond donors (Lipinski definition) is 1. The molecule has 1 aliphatic heterocycles. The van der Waals surface area contributed by atoms with Crippen LogP contribution in [0.4, 0.5) is 0 Å². The summed E-state index contributed by atoms with van der Waals surface area (Å²) in [7, 11) is 0. The predicted molar refractivity (Wildman–Crippen MR) is 73.0 cm³/mol. The zero-order valence-corrected chi connectivity index (χ0v) is 11.0. The Hall–Kier alpha value is -1.35. The number of pyridine rings is 1. The van der Waals surface area contributed by atoms with Gasteiger partial charge in [0.25, 0.3) is 0 Å². The average Bonchev–Trinajstić information content (AvgIpc) is 2.90. The van der Waals surface area contributed by atoms with Crippen LogP contribution in [0.15, 0.2) is 12.3 Å². The predicted octanol–water partition coefficient (Wildman–Crippen LogP) is 3.74.